The molecule has 0 saturated carbocycles. The zero-order valence-electron chi connectivity index (χ0n) is 15.8. The van der Waals surface area contributed by atoms with E-state index in [0.717, 1.165) is 24.3 Å². The van der Waals surface area contributed by atoms with Crippen LogP contribution in [0.3, 0.4) is 0 Å². The Morgan fingerprint density at radius 1 is 0.839 bits per heavy atom. The van der Waals surface area contributed by atoms with Gasteiger partial charge in [0.25, 0.3) is 5.54 Å². The first-order chi connectivity index (χ1) is 14.7. The van der Waals surface area contributed by atoms with Crippen molar-refractivity contribution in [3.05, 3.63) is 113 Å². The summed E-state index contributed by atoms with van der Waals surface area (Å²) in [5, 5.41) is 0. The Bertz CT molecular complexity index is 1080. The molecule has 1 atom stereocenters. The normalized spacial score (nSPS) is 13.5. The van der Waals surface area contributed by atoms with E-state index in [-0.39, 0.29) is 17.5 Å². The molecule has 0 bridgehead atoms. The molecule has 0 heterocycles. The minimum absolute atomic E-state index is 0.0168. The van der Waals surface area contributed by atoms with Gasteiger partial charge in [-0.05, 0) is 42.0 Å². The lowest BCUT2D eigenvalue weighted by molar-refractivity contribution is -0.253. The maximum atomic E-state index is 14.3. The van der Waals surface area contributed by atoms with Gasteiger partial charge in [-0.25, -0.2) is 15.4 Å². The lowest BCUT2D eigenvalue weighted by Gasteiger charge is -2.25. The summed E-state index contributed by atoms with van der Waals surface area (Å²) in [6.45, 7) is 7.87. The molecule has 8 heteroatoms. The van der Waals surface area contributed by atoms with Crippen molar-refractivity contribution < 1.29 is 31.1 Å². The van der Waals surface area contributed by atoms with Crippen LogP contribution < -0.4 is 4.74 Å². The Hall–Kier alpha value is -3.47. The summed E-state index contributed by atoms with van der Waals surface area (Å²) in [4.78, 5) is 3.67. The van der Waals surface area contributed by atoms with Crippen molar-refractivity contribution in [3.63, 3.8) is 0 Å². The van der Waals surface area contributed by atoms with Gasteiger partial charge in [-0.15, -0.1) is 0 Å². The van der Waals surface area contributed by atoms with E-state index in [1.165, 1.54) is 12.1 Å². The Labute approximate surface area is 174 Å². The van der Waals surface area contributed by atoms with E-state index in [4.69, 9.17) is 6.57 Å². The van der Waals surface area contributed by atoms with E-state index in [2.05, 4.69) is 9.58 Å². The summed E-state index contributed by atoms with van der Waals surface area (Å²) < 4.78 is 83.7. The molecule has 31 heavy (non-hydrogen) atoms. The zero-order chi connectivity index (χ0) is 22.6. The summed E-state index contributed by atoms with van der Waals surface area (Å²) in [5.41, 5.74) is -0.828. The quantitative estimate of drug-likeness (QED) is 0.301. The Morgan fingerprint density at radius 2 is 1.48 bits per heavy atom. The highest BCUT2D eigenvalue weighted by atomic mass is 19.3. The topological polar surface area (TPSA) is 13.6 Å². The van der Waals surface area contributed by atoms with Crippen molar-refractivity contribution in [1.29, 1.82) is 0 Å². The van der Waals surface area contributed by atoms with Crippen LogP contribution in [-0.4, -0.2) is 12.5 Å². The smallest absolute Gasteiger partial charge is 0.428 e. The molecule has 3 aromatic rings. The van der Waals surface area contributed by atoms with E-state index in [1.54, 1.807) is 30.3 Å². The molecule has 0 saturated heterocycles. The van der Waals surface area contributed by atoms with Crippen LogP contribution in [0, 0.1) is 18.2 Å². The predicted molar refractivity (Wildman–Crippen MR) is 102 cm³/mol. The molecular weight excluding hydrogens is 420 g/mol. The number of hydrogen-bond acceptors (Lipinski definition) is 1. The summed E-state index contributed by atoms with van der Waals surface area (Å²) in [5.74, 6) is -2.48. The van der Waals surface area contributed by atoms with Gasteiger partial charge in [-0.2, -0.15) is 17.6 Å². The summed E-state index contributed by atoms with van der Waals surface area (Å²) >= 11 is 0. The molecule has 0 aliphatic carbocycles. The molecule has 0 N–H and O–H groups in total. The molecule has 0 aliphatic rings. The number of benzene rings is 3. The molecule has 160 valence electrons. The predicted octanol–water partition coefficient (Wildman–Crippen LogP) is 6.61. The van der Waals surface area contributed by atoms with Crippen molar-refractivity contribution in [3.8, 4) is 5.75 Å². The van der Waals surface area contributed by atoms with Crippen molar-refractivity contribution in [2.75, 3.05) is 0 Å². The highest BCUT2D eigenvalue weighted by Crippen LogP contribution is 2.40. The Balaban J connectivity index is 2.17. The first-order valence-electron chi connectivity index (χ1n) is 9.01. The number of halogens is 6. The maximum absolute atomic E-state index is 14.3. The second kappa shape index (κ2) is 8.72. The van der Waals surface area contributed by atoms with E-state index in [0.29, 0.717) is 11.6 Å². The van der Waals surface area contributed by atoms with E-state index >= 15 is 0 Å². The van der Waals surface area contributed by atoms with E-state index in [9.17, 15) is 26.3 Å². The third-order valence-electron chi connectivity index (χ3n) is 4.67. The number of rotatable bonds is 7. The van der Waals surface area contributed by atoms with Gasteiger partial charge in [-0.3, -0.25) is 4.85 Å². The van der Waals surface area contributed by atoms with E-state index < -0.39 is 35.5 Å². The van der Waals surface area contributed by atoms with Gasteiger partial charge in [0, 0.05) is 17.2 Å². The molecule has 0 aliphatic heterocycles. The van der Waals surface area contributed by atoms with Crippen LogP contribution in [0.1, 0.15) is 16.7 Å². The Morgan fingerprint density at radius 3 is 2.06 bits per heavy atom. The minimum Gasteiger partial charge on any atom is -0.428 e. The van der Waals surface area contributed by atoms with Gasteiger partial charge < -0.3 is 4.74 Å². The number of nitrogens with zero attached hydrogens (tertiary/aromatic N) is 1. The standard InChI is InChI=1S/C23H15F6NO/c1-30-22(14-15-5-3-2-4-6-15,16-7-9-18(24)10-8-16)17-11-19(25)13-20(12-17)31-23(28,29)21(26)27/h2-13,21H,14H2/t22-/m1/s1. The van der Waals surface area contributed by atoms with Crippen LogP contribution in [0.15, 0.2) is 72.8 Å². The SMILES string of the molecule is [C-]#[N+][C@](Cc1ccccc1)(c1ccc(F)cc1)c1cc(F)cc(OC(F)(F)C(F)F)c1. The van der Waals surface area contributed by atoms with Gasteiger partial charge >= 0.3 is 12.5 Å². The average Bonchev–Trinajstić information content (AvgIpc) is 2.72. The largest absolute Gasteiger partial charge is 0.461 e. The molecule has 0 radical (unpaired) electrons. The van der Waals surface area contributed by atoms with Gasteiger partial charge in [0.05, 0.1) is 6.42 Å². The first-order valence-corrected chi connectivity index (χ1v) is 9.01. The fraction of sp³-hybridized carbons (Fsp3) is 0.174. The van der Waals surface area contributed by atoms with Crippen molar-refractivity contribution in [1.82, 2.24) is 0 Å². The molecule has 0 unspecified atom stereocenters. The summed E-state index contributed by atoms with van der Waals surface area (Å²) in [6.07, 6.45) is -9.00. The second-order valence-electron chi connectivity index (χ2n) is 6.78. The maximum Gasteiger partial charge on any atom is 0.461 e. The molecule has 0 fully saturated rings. The van der Waals surface area contributed by atoms with Gasteiger partial charge in [0.15, 0.2) is 0 Å². The highest BCUT2D eigenvalue weighted by molar-refractivity contribution is 5.47. The van der Waals surface area contributed by atoms with Crippen molar-refractivity contribution in [2.45, 2.75) is 24.5 Å². The van der Waals surface area contributed by atoms with Gasteiger partial charge in [0.2, 0.25) is 0 Å². The van der Waals surface area contributed by atoms with Crippen LogP contribution in [0.4, 0.5) is 26.3 Å². The van der Waals surface area contributed by atoms with Crippen LogP contribution in [0.25, 0.3) is 4.85 Å². The fourth-order valence-electron chi connectivity index (χ4n) is 3.22. The minimum atomic E-state index is -4.85. The average molecular weight is 435 g/mol. The number of hydrogen-bond donors (Lipinski definition) is 0. The molecule has 2 nitrogen and oxygen atoms in total. The molecule has 0 aromatic heterocycles. The third-order valence-corrected chi connectivity index (χ3v) is 4.67. The molecular formula is C23H15F6NO. The van der Waals surface area contributed by atoms with Gasteiger partial charge in [0.1, 0.15) is 17.4 Å². The molecule has 0 spiro atoms. The van der Waals surface area contributed by atoms with Gasteiger partial charge in [-0.1, -0.05) is 30.3 Å². The lowest BCUT2D eigenvalue weighted by atomic mass is 9.78. The molecule has 3 aromatic carbocycles. The first kappa shape index (κ1) is 22.2. The van der Waals surface area contributed by atoms with Crippen molar-refractivity contribution >= 4 is 0 Å². The molecule has 0 amide bonds. The van der Waals surface area contributed by atoms with Crippen LogP contribution in [0.2, 0.25) is 0 Å². The Kier molecular flexibility index (Phi) is 6.25. The zero-order valence-corrected chi connectivity index (χ0v) is 15.8. The van der Waals surface area contributed by atoms with Crippen LogP contribution >= 0.6 is 0 Å². The number of ether oxygens (including phenoxy) is 1. The van der Waals surface area contributed by atoms with Crippen molar-refractivity contribution in [2.24, 2.45) is 0 Å². The van der Waals surface area contributed by atoms with Crippen LogP contribution in [-0.2, 0) is 12.0 Å². The lowest BCUT2D eigenvalue weighted by Crippen LogP contribution is -2.34. The monoisotopic (exact) mass is 435 g/mol. The summed E-state index contributed by atoms with van der Waals surface area (Å²) in [6, 6.07) is 15.9. The third kappa shape index (κ3) is 4.82. The fourth-order valence-corrected chi connectivity index (χ4v) is 3.22. The summed E-state index contributed by atoms with van der Waals surface area (Å²) in [7, 11) is 0. The number of alkyl halides is 4. The van der Waals surface area contributed by atoms with E-state index in [1.807, 2.05) is 0 Å². The highest BCUT2D eigenvalue weighted by Gasteiger charge is 2.46. The molecule has 3 rings (SSSR count). The second-order valence-corrected chi connectivity index (χ2v) is 6.78. The van der Waals surface area contributed by atoms with Crippen LogP contribution in [0.5, 0.6) is 5.75 Å².